The van der Waals surface area contributed by atoms with E-state index >= 15 is 0 Å². The number of benzene rings is 1. The molecule has 0 bridgehead atoms. The molecule has 1 aliphatic rings. The Morgan fingerprint density at radius 2 is 2.04 bits per heavy atom. The quantitative estimate of drug-likeness (QED) is 0.658. The number of nitrogens with zero attached hydrogens (tertiary/aromatic N) is 2. The van der Waals surface area contributed by atoms with Crippen molar-refractivity contribution in [2.24, 2.45) is 0 Å². The van der Waals surface area contributed by atoms with Gasteiger partial charge in [0.15, 0.2) is 0 Å². The van der Waals surface area contributed by atoms with Crippen molar-refractivity contribution in [3.63, 3.8) is 0 Å². The van der Waals surface area contributed by atoms with Crippen LogP contribution >= 0.6 is 0 Å². The Hall–Kier alpha value is -2.64. The fraction of sp³-hybridized carbons (Fsp3) is 0.500. The van der Waals surface area contributed by atoms with Gasteiger partial charge in [-0.1, -0.05) is 6.07 Å². The van der Waals surface area contributed by atoms with E-state index in [4.69, 9.17) is 4.74 Å². The van der Waals surface area contributed by atoms with E-state index < -0.39 is 22.5 Å². The van der Waals surface area contributed by atoms with Gasteiger partial charge in [0, 0.05) is 23.9 Å². The van der Waals surface area contributed by atoms with Crippen LogP contribution in [0.3, 0.4) is 0 Å². The summed E-state index contributed by atoms with van der Waals surface area (Å²) in [5.41, 5.74) is -0.436. The van der Waals surface area contributed by atoms with Crippen LogP contribution in [0.4, 0.5) is 16.2 Å². The minimum atomic E-state index is -0.638. The summed E-state index contributed by atoms with van der Waals surface area (Å²) in [6.07, 6.45) is 1.14. The van der Waals surface area contributed by atoms with Crippen molar-refractivity contribution in [2.45, 2.75) is 45.3 Å². The van der Waals surface area contributed by atoms with Crippen LogP contribution in [-0.2, 0) is 9.53 Å². The largest absolute Gasteiger partial charge is 0.444 e. The molecule has 1 N–H and O–H groups in total. The Balaban J connectivity index is 2.00. The highest BCUT2D eigenvalue weighted by Gasteiger charge is 2.36. The number of hydrogen-bond donors (Lipinski definition) is 1. The summed E-state index contributed by atoms with van der Waals surface area (Å²) >= 11 is 0. The summed E-state index contributed by atoms with van der Waals surface area (Å²) in [5.74, 6) is -0.423. The molecule has 1 saturated carbocycles. The van der Waals surface area contributed by atoms with Crippen LogP contribution in [-0.4, -0.2) is 40.0 Å². The van der Waals surface area contributed by atoms with Crippen LogP contribution in [0, 0.1) is 10.1 Å². The lowest BCUT2D eigenvalue weighted by Crippen LogP contribution is -2.42. The van der Waals surface area contributed by atoms with E-state index in [1.165, 1.54) is 23.1 Å². The summed E-state index contributed by atoms with van der Waals surface area (Å²) in [7, 11) is 0. The normalized spacial score (nSPS) is 14.0. The van der Waals surface area contributed by atoms with Gasteiger partial charge in [0.1, 0.15) is 12.1 Å². The fourth-order valence-corrected chi connectivity index (χ4v) is 2.10. The molecule has 0 atom stereocenters. The van der Waals surface area contributed by atoms with E-state index in [0.717, 1.165) is 12.8 Å². The number of anilines is 1. The van der Waals surface area contributed by atoms with Gasteiger partial charge in [-0.25, -0.2) is 4.79 Å². The molecule has 8 nitrogen and oxygen atoms in total. The molecule has 2 amide bonds. The predicted molar refractivity (Wildman–Crippen MR) is 87.7 cm³/mol. The van der Waals surface area contributed by atoms with Crippen molar-refractivity contribution in [3.8, 4) is 0 Å². The third-order valence-corrected chi connectivity index (χ3v) is 3.27. The summed E-state index contributed by atoms with van der Waals surface area (Å²) < 4.78 is 5.32. The zero-order valence-corrected chi connectivity index (χ0v) is 13.9. The number of nitro benzene ring substituents is 1. The Kier molecular flexibility index (Phi) is 5.06. The molecule has 0 unspecified atom stereocenters. The molecule has 0 aromatic heterocycles. The number of carbonyl (C=O) groups excluding carboxylic acids is 2. The minimum absolute atomic E-state index is 0.00992. The predicted octanol–water partition coefficient (Wildman–Crippen LogP) is 2.93. The molecule has 0 radical (unpaired) electrons. The lowest BCUT2D eigenvalue weighted by Gasteiger charge is -2.27. The Labute approximate surface area is 139 Å². The number of ether oxygens (including phenoxy) is 1. The molecule has 0 aliphatic heterocycles. The zero-order valence-electron chi connectivity index (χ0n) is 13.9. The Morgan fingerprint density at radius 3 is 2.58 bits per heavy atom. The third kappa shape index (κ3) is 5.22. The first-order valence-electron chi connectivity index (χ1n) is 7.69. The van der Waals surface area contributed by atoms with Gasteiger partial charge in [-0.05, 0) is 39.7 Å². The smallest absolute Gasteiger partial charge is 0.411 e. The second-order valence-electron chi connectivity index (χ2n) is 6.70. The van der Waals surface area contributed by atoms with Crippen molar-refractivity contribution in [1.29, 1.82) is 0 Å². The standard InChI is InChI=1S/C16H21N3O5/c1-16(2,3)24-15(21)18(12-7-8-12)10-14(20)17-11-5-4-6-13(9-11)19(22)23/h4-6,9,12H,7-8,10H2,1-3H3,(H,17,20). The number of non-ortho nitro benzene ring substituents is 1. The molecule has 24 heavy (non-hydrogen) atoms. The van der Waals surface area contributed by atoms with Crippen molar-refractivity contribution < 1.29 is 19.2 Å². The molecule has 0 spiro atoms. The number of rotatable bonds is 5. The third-order valence-electron chi connectivity index (χ3n) is 3.27. The highest BCUT2D eigenvalue weighted by Crippen LogP contribution is 2.28. The lowest BCUT2D eigenvalue weighted by atomic mass is 10.2. The molecule has 8 heteroatoms. The number of carbonyl (C=O) groups is 2. The summed E-state index contributed by atoms with van der Waals surface area (Å²) in [4.78, 5) is 36.0. The van der Waals surface area contributed by atoms with Crippen LogP contribution in [0.2, 0.25) is 0 Å². The molecule has 1 aliphatic carbocycles. The minimum Gasteiger partial charge on any atom is -0.444 e. The highest BCUT2D eigenvalue weighted by atomic mass is 16.6. The van der Waals surface area contributed by atoms with Crippen molar-refractivity contribution in [1.82, 2.24) is 4.90 Å². The van der Waals surface area contributed by atoms with Gasteiger partial charge in [-0.15, -0.1) is 0 Å². The first kappa shape index (κ1) is 17.7. The molecule has 1 fully saturated rings. The van der Waals surface area contributed by atoms with E-state index in [1.54, 1.807) is 26.8 Å². The van der Waals surface area contributed by atoms with E-state index in [-0.39, 0.29) is 18.3 Å². The van der Waals surface area contributed by atoms with Crippen LogP contribution in [0.15, 0.2) is 24.3 Å². The Bertz CT molecular complexity index is 649. The molecule has 0 heterocycles. The number of nitrogens with one attached hydrogen (secondary N) is 1. The molecule has 130 valence electrons. The van der Waals surface area contributed by atoms with Crippen molar-refractivity contribution in [3.05, 3.63) is 34.4 Å². The van der Waals surface area contributed by atoms with Gasteiger partial charge < -0.3 is 10.1 Å². The maximum atomic E-state index is 12.2. The first-order chi connectivity index (χ1) is 11.2. The SMILES string of the molecule is CC(C)(C)OC(=O)N(CC(=O)Nc1cccc([N+](=O)[O-])c1)C1CC1. The summed E-state index contributed by atoms with van der Waals surface area (Å²) in [5, 5.41) is 13.3. The fourth-order valence-electron chi connectivity index (χ4n) is 2.10. The average Bonchev–Trinajstić information content (AvgIpc) is 3.27. The van der Waals surface area contributed by atoms with Crippen LogP contribution in [0.1, 0.15) is 33.6 Å². The lowest BCUT2D eigenvalue weighted by molar-refractivity contribution is -0.384. The molecule has 1 aromatic rings. The van der Waals surface area contributed by atoms with Gasteiger partial charge in [0.05, 0.1) is 4.92 Å². The molecular weight excluding hydrogens is 314 g/mol. The van der Waals surface area contributed by atoms with E-state index in [9.17, 15) is 19.7 Å². The number of amides is 2. The van der Waals surface area contributed by atoms with E-state index in [1.807, 2.05) is 0 Å². The molecule has 0 saturated heterocycles. The summed E-state index contributed by atoms with van der Waals surface area (Å²) in [6.45, 7) is 5.14. The van der Waals surface area contributed by atoms with Crippen LogP contribution < -0.4 is 5.32 Å². The van der Waals surface area contributed by atoms with Gasteiger partial charge in [-0.2, -0.15) is 0 Å². The molecule has 1 aromatic carbocycles. The van der Waals surface area contributed by atoms with Gasteiger partial charge in [0.2, 0.25) is 5.91 Å². The second kappa shape index (κ2) is 6.86. The second-order valence-corrected chi connectivity index (χ2v) is 6.70. The zero-order chi connectivity index (χ0) is 17.9. The Morgan fingerprint density at radius 1 is 1.38 bits per heavy atom. The maximum Gasteiger partial charge on any atom is 0.411 e. The van der Waals surface area contributed by atoms with Crippen LogP contribution in [0.5, 0.6) is 0 Å². The summed E-state index contributed by atoms with van der Waals surface area (Å²) in [6, 6.07) is 5.66. The van der Waals surface area contributed by atoms with Crippen molar-refractivity contribution >= 4 is 23.4 Å². The van der Waals surface area contributed by atoms with Gasteiger partial charge in [0.25, 0.3) is 5.69 Å². The maximum absolute atomic E-state index is 12.2. The topological polar surface area (TPSA) is 102 Å². The molecular formula is C16H21N3O5. The van der Waals surface area contributed by atoms with E-state index in [2.05, 4.69) is 5.32 Å². The number of nitro groups is 1. The number of hydrogen-bond acceptors (Lipinski definition) is 5. The molecule has 2 rings (SSSR count). The monoisotopic (exact) mass is 335 g/mol. The van der Waals surface area contributed by atoms with Crippen LogP contribution in [0.25, 0.3) is 0 Å². The van der Waals surface area contributed by atoms with E-state index in [0.29, 0.717) is 5.69 Å². The van der Waals surface area contributed by atoms with Crippen molar-refractivity contribution in [2.75, 3.05) is 11.9 Å². The highest BCUT2D eigenvalue weighted by molar-refractivity contribution is 5.94. The van der Waals surface area contributed by atoms with Gasteiger partial charge >= 0.3 is 6.09 Å². The first-order valence-corrected chi connectivity index (χ1v) is 7.69. The van der Waals surface area contributed by atoms with Gasteiger partial charge in [-0.3, -0.25) is 19.8 Å². The average molecular weight is 335 g/mol.